The summed E-state index contributed by atoms with van der Waals surface area (Å²) in [5.41, 5.74) is 0. The molecule has 2 aliphatic heterocycles. The van der Waals surface area contributed by atoms with Crippen LogP contribution in [0.25, 0.3) is 0 Å². The van der Waals surface area contributed by atoms with Gasteiger partial charge in [0, 0.05) is 38.6 Å². The zero-order chi connectivity index (χ0) is 9.26. The average Bonchev–Trinajstić information content (AvgIpc) is 2.64. The van der Waals surface area contributed by atoms with Crippen LogP contribution in [0.2, 0.25) is 0 Å². The molecular formula is C9H17N3O. The summed E-state index contributed by atoms with van der Waals surface area (Å²) in [5, 5.41) is 6.82. The summed E-state index contributed by atoms with van der Waals surface area (Å²) in [7, 11) is 1.87. The maximum absolute atomic E-state index is 11.2. The number of amides is 1. The Balaban J connectivity index is 1.79. The van der Waals surface area contributed by atoms with E-state index in [1.54, 1.807) is 4.90 Å². The molecule has 2 N–H and O–H groups in total. The Morgan fingerprint density at radius 1 is 1.54 bits per heavy atom. The van der Waals surface area contributed by atoms with Gasteiger partial charge >= 0.3 is 0 Å². The van der Waals surface area contributed by atoms with Gasteiger partial charge in [-0.25, -0.2) is 0 Å². The number of likely N-dealkylation sites (tertiary alicyclic amines) is 1. The van der Waals surface area contributed by atoms with Crippen molar-refractivity contribution in [3.8, 4) is 0 Å². The summed E-state index contributed by atoms with van der Waals surface area (Å²) >= 11 is 0. The van der Waals surface area contributed by atoms with Crippen LogP contribution >= 0.6 is 0 Å². The van der Waals surface area contributed by atoms with Gasteiger partial charge in [-0.05, 0) is 13.0 Å². The monoisotopic (exact) mass is 183 g/mol. The first-order valence-corrected chi connectivity index (χ1v) is 4.96. The fraction of sp³-hybridized carbons (Fsp3) is 0.889. The van der Waals surface area contributed by atoms with E-state index in [-0.39, 0.29) is 5.91 Å². The van der Waals surface area contributed by atoms with Crippen LogP contribution in [-0.2, 0) is 4.79 Å². The molecule has 2 unspecified atom stereocenters. The third-order valence-electron chi connectivity index (χ3n) is 2.87. The van der Waals surface area contributed by atoms with Crippen LogP contribution in [0.5, 0.6) is 0 Å². The quantitative estimate of drug-likeness (QED) is 0.587. The van der Waals surface area contributed by atoms with E-state index >= 15 is 0 Å². The summed E-state index contributed by atoms with van der Waals surface area (Å²) < 4.78 is 0. The van der Waals surface area contributed by atoms with Crippen LogP contribution in [0.4, 0.5) is 0 Å². The number of hydrogen-bond acceptors (Lipinski definition) is 3. The maximum atomic E-state index is 11.2. The molecule has 2 atom stereocenters. The molecule has 1 amide bonds. The number of carbonyl (C=O) groups is 1. The third kappa shape index (κ3) is 2.00. The molecule has 74 valence electrons. The van der Waals surface area contributed by atoms with Crippen LogP contribution in [0.1, 0.15) is 12.8 Å². The Morgan fingerprint density at radius 2 is 2.38 bits per heavy atom. The van der Waals surface area contributed by atoms with Crippen molar-refractivity contribution in [3.05, 3.63) is 0 Å². The van der Waals surface area contributed by atoms with Crippen LogP contribution in [0.15, 0.2) is 0 Å². The zero-order valence-corrected chi connectivity index (χ0v) is 8.05. The normalized spacial score (nSPS) is 34.5. The lowest BCUT2D eigenvalue weighted by atomic mass is 10.2. The fourth-order valence-electron chi connectivity index (χ4n) is 2.11. The minimum Gasteiger partial charge on any atom is -0.344 e. The first-order chi connectivity index (χ1) is 6.25. The van der Waals surface area contributed by atoms with Crippen molar-refractivity contribution in [3.63, 3.8) is 0 Å². The molecule has 0 saturated carbocycles. The lowest BCUT2D eigenvalue weighted by molar-refractivity contribution is -0.126. The van der Waals surface area contributed by atoms with Gasteiger partial charge in [0.2, 0.25) is 5.91 Å². The van der Waals surface area contributed by atoms with Crippen molar-refractivity contribution >= 4 is 5.91 Å². The molecule has 0 aromatic heterocycles. The molecule has 2 rings (SSSR count). The highest BCUT2D eigenvalue weighted by atomic mass is 16.2. The SMILES string of the molecule is CN1CC(NC2CCNC2)CC1=O. The van der Waals surface area contributed by atoms with Gasteiger partial charge in [0.05, 0.1) is 0 Å². The molecule has 2 saturated heterocycles. The van der Waals surface area contributed by atoms with E-state index in [2.05, 4.69) is 10.6 Å². The van der Waals surface area contributed by atoms with Crippen molar-refractivity contribution in [1.82, 2.24) is 15.5 Å². The zero-order valence-electron chi connectivity index (χ0n) is 8.05. The number of nitrogens with one attached hydrogen (secondary N) is 2. The molecule has 0 aromatic carbocycles. The molecule has 2 aliphatic rings. The van der Waals surface area contributed by atoms with E-state index in [1.165, 1.54) is 6.42 Å². The molecule has 0 aromatic rings. The predicted molar refractivity (Wildman–Crippen MR) is 50.5 cm³/mol. The van der Waals surface area contributed by atoms with E-state index in [0.29, 0.717) is 18.5 Å². The Labute approximate surface area is 78.7 Å². The molecule has 4 nitrogen and oxygen atoms in total. The first-order valence-electron chi connectivity index (χ1n) is 4.96. The van der Waals surface area contributed by atoms with Crippen LogP contribution in [0.3, 0.4) is 0 Å². The lowest BCUT2D eigenvalue weighted by Gasteiger charge is -2.17. The summed E-state index contributed by atoms with van der Waals surface area (Å²) in [6, 6.07) is 0.951. The Hall–Kier alpha value is -0.610. The first kappa shape index (κ1) is 8.97. The number of likely N-dealkylation sites (N-methyl/N-ethyl adjacent to an activating group) is 1. The molecule has 2 fully saturated rings. The van der Waals surface area contributed by atoms with Gasteiger partial charge in [0.15, 0.2) is 0 Å². The van der Waals surface area contributed by atoms with Gasteiger partial charge < -0.3 is 15.5 Å². The van der Waals surface area contributed by atoms with E-state index in [9.17, 15) is 4.79 Å². The standard InChI is InChI=1S/C9H17N3O/c1-12-6-8(4-9(12)13)11-7-2-3-10-5-7/h7-8,10-11H,2-6H2,1H3. The van der Waals surface area contributed by atoms with Gasteiger partial charge in [-0.2, -0.15) is 0 Å². The predicted octanol–water partition coefficient (Wildman–Crippen LogP) is -0.831. The highest BCUT2D eigenvalue weighted by Gasteiger charge is 2.28. The van der Waals surface area contributed by atoms with Crippen molar-refractivity contribution < 1.29 is 4.79 Å². The van der Waals surface area contributed by atoms with Crippen LogP contribution in [-0.4, -0.2) is 49.6 Å². The Bertz CT molecular complexity index is 201. The summed E-state index contributed by atoms with van der Waals surface area (Å²) in [4.78, 5) is 13.0. The minimum absolute atomic E-state index is 0.267. The van der Waals surface area contributed by atoms with Gasteiger partial charge in [-0.15, -0.1) is 0 Å². The van der Waals surface area contributed by atoms with Crippen molar-refractivity contribution in [2.24, 2.45) is 0 Å². The molecule has 4 heteroatoms. The van der Waals surface area contributed by atoms with Crippen molar-refractivity contribution in [1.29, 1.82) is 0 Å². The van der Waals surface area contributed by atoms with Gasteiger partial charge in [0.1, 0.15) is 0 Å². The highest BCUT2D eigenvalue weighted by molar-refractivity contribution is 5.78. The second-order valence-electron chi connectivity index (χ2n) is 4.03. The third-order valence-corrected chi connectivity index (χ3v) is 2.87. The summed E-state index contributed by atoms with van der Waals surface area (Å²) in [6.07, 6.45) is 1.86. The summed E-state index contributed by atoms with van der Waals surface area (Å²) in [5.74, 6) is 0.267. The van der Waals surface area contributed by atoms with Crippen molar-refractivity contribution in [2.45, 2.75) is 24.9 Å². The average molecular weight is 183 g/mol. The molecule has 0 radical (unpaired) electrons. The number of carbonyl (C=O) groups excluding carboxylic acids is 1. The number of hydrogen-bond donors (Lipinski definition) is 2. The van der Waals surface area contributed by atoms with Crippen molar-refractivity contribution in [2.75, 3.05) is 26.7 Å². The summed E-state index contributed by atoms with van der Waals surface area (Å²) in [6.45, 7) is 3.03. The van der Waals surface area contributed by atoms with E-state index in [4.69, 9.17) is 0 Å². The smallest absolute Gasteiger partial charge is 0.224 e. The Kier molecular flexibility index (Phi) is 2.51. The van der Waals surface area contributed by atoms with Gasteiger partial charge in [-0.3, -0.25) is 4.79 Å². The van der Waals surface area contributed by atoms with Crippen LogP contribution < -0.4 is 10.6 Å². The van der Waals surface area contributed by atoms with E-state index < -0.39 is 0 Å². The highest BCUT2D eigenvalue weighted by Crippen LogP contribution is 2.10. The molecule has 2 heterocycles. The van der Waals surface area contributed by atoms with Gasteiger partial charge in [-0.1, -0.05) is 0 Å². The number of rotatable bonds is 2. The van der Waals surface area contributed by atoms with Gasteiger partial charge in [0.25, 0.3) is 0 Å². The van der Waals surface area contributed by atoms with E-state index in [1.807, 2.05) is 7.05 Å². The second kappa shape index (κ2) is 3.64. The molecule has 0 aliphatic carbocycles. The topological polar surface area (TPSA) is 44.4 Å². The molecular weight excluding hydrogens is 166 g/mol. The van der Waals surface area contributed by atoms with Crippen LogP contribution in [0, 0.1) is 0 Å². The molecule has 13 heavy (non-hydrogen) atoms. The minimum atomic E-state index is 0.267. The largest absolute Gasteiger partial charge is 0.344 e. The number of nitrogens with zero attached hydrogens (tertiary/aromatic N) is 1. The molecule has 0 spiro atoms. The lowest BCUT2D eigenvalue weighted by Crippen LogP contribution is -2.40. The second-order valence-corrected chi connectivity index (χ2v) is 4.03. The Morgan fingerprint density at radius 3 is 2.92 bits per heavy atom. The molecule has 0 bridgehead atoms. The van der Waals surface area contributed by atoms with E-state index in [0.717, 1.165) is 19.6 Å². The maximum Gasteiger partial charge on any atom is 0.224 e. The fourth-order valence-corrected chi connectivity index (χ4v) is 2.11.